The van der Waals surface area contributed by atoms with Gasteiger partial charge in [0.15, 0.2) is 23.1 Å². The molecule has 1 fully saturated rings. The van der Waals surface area contributed by atoms with Gasteiger partial charge < -0.3 is 34.0 Å². The normalized spacial score (nSPS) is 14.0. The maximum Gasteiger partial charge on any atom is 0.234 e. The summed E-state index contributed by atoms with van der Waals surface area (Å²) in [6.07, 6.45) is 3.30. The fourth-order valence-corrected chi connectivity index (χ4v) is 5.34. The van der Waals surface area contributed by atoms with E-state index in [9.17, 15) is 9.59 Å². The number of ether oxygens (including phenoxy) is 4. The first-order chi connectivity index (χ1) is 22.8. The van der Waals surface area contributed by atoms with E-state index in [0.29, 0.717) is 52.6 Å². The second kappa shape index (κ2) is 16.4. The number of halogens is 2. The number of aromatic nitrogens is 1. The molecule has 0 bridgehead atoms. The van der Waals surface area contributed by atoms with Crippen molar-refractivity contribution in [3.63, 3.8) is 0 Å². The highest BCUT2D eigenvalue weighted by molar-refractivity contribution is 6.30. The van der Waals surface area contributed by atoms with Gasteiger partial charge in [0.1, 0.15) is 12.0 Å². The van der Waals surface area contributed by atoms with Crippen LogP contribution in [0.5, 0.6) is 23.0 Å². The Bertz CT molecular complexity index is 1670. The Morgan fingerprint density at radius 3 is 2.60 bits per heavy atom. The molecule has 3 aromatic carbocycles. The first-order valence-corrected chi connectivity index (χ1v) is 15.8. The largest absolute Gasteiger partial charge is 0.493 e. The van der Waals surface area contributed by atoms with E-state index < -0.39 is 17.6 Å². The Morgan fingerprint density at radius 2 is 1.87 bits per heavy atom. The molecule has 4 aromatic rings. The van der Waals surface area contributed by atoms with E-state index in [0.717, 1.165) is 51.0 Å². The highest BCUT2D eigenvalue weighted by atomic mass is 35.5. The molecule has 2 heterocycles. The van der Waals surface area contributed by atoms with Crippen LogP contribution in [0, 0.1) is 11.7 Å². The third-order valence-electron chi connectivity index (χ3n) is 7.93. The highest BCUT2D eigenvalue weighted by Crippen LogP contribution is 2.38. The number of carbonyl (C=O) groups excluding carboxylic acids is 2. The Morgan fingerprint density at radius 1 is 1.09 bits per heavy atom. The van der Waals surface area contributed by atoms with Crippen LogP contribution < -0.4 is 24.4 Å². The molecule has 1 atom stereocenters. The number of anilines is 2. The fourth-order valence-electron chi connectivity index (χ4n) is 5.22. The minimum atomic E-state index is -0.916. The monoisotopic (exact) mass is 664 g/mol. The zero-order chi connectivity index (χ0) is 33.2. The molecule has 1 aliphatic rings. The van der Waals surface area contributed by atoms with Crippen molar-refractivity contribution in [2.45, 2.75) is 12.8 Å². The Hall–Kier alpha value is -4.45. The average Bonchev–Trinajstić information content (AvgIpc) is 3.08. The molecule has 0 spiro atoms. The van der Waals surface area contributed by atoms with Crippen LogP contribution in [0.1, 0.15) is 12.8 Å². The lowest BCUT2D eigenvalue weighted by Gasteiger charge is -2.26. The van der Waals surface area contributed by atoms with Crippen molar-refractivity contribution in [2.75, 3.05) is 70.4 Å². The second-order valence-corrected chi connectivity index (χ2v) is 11.6. The van der Waals surface area contributed by atoms with Gasteiger partial charge in [-0.2, -0.15) is 0 Å². The maximum atomic E-state index is 15.2. The van der Waals surface area contributed by atoms with E-state index in [2.05, 4.69) is 15.2 Å². The Balaban J connectivity index is 1.20. The van der Waals surface area contributed by atoms with Crippen molar-refractivity contribution in [3.8, 4) is 23.0 Å². The molecule has 1 N–H and O–H groups in total. The first kappa shape index (κ1) is 33.9. The second-order valence-electron chi connectivity index (χ2n) is 11.2. The third kappa shape index (κ3) is 9.09. The van der Waals surface area contributed by atoms with Crippen LogP contribution in [0.25, 0.3) is 10.9 Å². The summed E-state index contributed by atoms with van der Waals surface area (Å²) in [4.78, 5) is 33.3. The first-order valence-electron chi connectivity index (χ1n) is 15.4. The van der Waals surface area contributed by atoms with Gasteiger partial charge in [0.05, 0.1) is 38.4 Å². The van der Waals surface area contributed by atoms with Crippen molar-refractivity contribution in [1.82, 2.24) is 9.88 Å². The van der Waals surface area contributed by atoms with Crippen LogP contribution in [0.3, 0.4) is 0 Å². The van der Waals surface area contributed by atoms with E-state index in [-0.39, 0.29) is 17.9 Å². The summed E-state index contributed by atoms with van der Waals surface area (Å²) >= 11 is 5.95. The number of rotatable bonds is 15. The highest BCUT2D eigenvalue weighted by Gasteiger charge is 2.20. The molecule has 0 aliphatic carbocycles. The molecule has 10 nitrogen and oxygen atoms in total. The SMILES string of the molecule is COc1cc2c(Oc3ccc(NC(=O)C(C=O)CCN(C)c4ccc(Cl)cc4)cc3F)ccnc2cc1OCCCN1CCOCC1. The molecule has 1 unspecified atom stereocenters. The van der Waals surface area contributed by atoms with Crippen LogP contribution in [-0.4, -0.2) is 82.2 Å². The number of nitrogens with one attached hydrogen (secondary N) is 1. The molecule has 1 saturated heterocycles. The quantitative estimate of drug-likeness (QED) is 0.0903. The zero-order valence-electron chi connectivity index (χ0n) is 26.4. The number of methoxy groups -OCH3 is 1. The van der Waals surface area contributed by atoms with Crippen molar-refractivity contribution in [3.05, 3.63) is 77.7 Å². The summed E-state index contributed by atoms with van der Waals surface area (Å²) in [6, 6.07) is 16.5. The summed E-state index contributed by atoms with van der Waals surface area (Å²) in [7, 11) is 3.42. The van der Waals surface area contributed by atoms with Crippen LogP contribution >= 0.6 is 11.6 Å². The molecule has 5 rings (SSSR count). The molecule has 47 heavy (non-hydrogen) atoms. The van der Waals surface area contributed by atoms with Gasteiger partial charge in [-0.15, -0.1) is 0 Å². The molecule has 1 aromatic heterocycles. The summed E-state index contributed by atoms with van der Waals surface area (Å²) in [5.74, 6) is -0.745. The predicted molar refractivity (Wildman–Crippen MR) is 180 cm³/mol. The van der Waals surface area contributed by atoms with Gasteiger partial charge in [-0.1, -0.05) is 11.6 Å². The number of carbonyl (C=O) groups is 2. The number of hydrogen-bond acceptors (Lipinski definition) is 9. The fraction of sp³-hybridized carbons (Fsp3) is 0.343. The topological polar surface area (TPSA) is 102 Å². The van der Waals surface area contributed by atoms with E-state index in [1.807, 2.05) is 24.1 Å². The summed E-state index contributed by atoms with van der Waals surface area (Å²) in [5.41, 5.74) is 1.70. The molecular formula is C35H38ClFN4O6. The lowest BCUT2D eigenvalue weighted by molar-refractivity contribution is -0.125. The number of benzene rings is 3. The predicted octanol–water partition coefficient (Wildman–Crippen LogP) is 6.21. The number of hydrogen-bond donors (Lipinski definition) is 1. The number of nitrogens with zero attached hydrogens (tertiary/aromatic N) is 3. The van der Waals surface area contributed by atoms with Crippen molar-refractivity contribution in [1.29, 1.82) is 0 Å². The standard InChI is InChI=1S/C35H38ClFN4O6/c1-40(27-7-4-25(36)5-8-27)14-11-24(23-42)35(43)39-26-6-9-32(29(37)20-26)47-31-10-12-38-30-22-34(33(44-2)21-28(30)31)46-17-3-13-41-15-18-45-19-16-41/h4-10,12,20-24H,3,11,13-19H2,1-2H3,(H,39,43). The minimum absolute atomic E-state index is 0.0468. The Kier molecular flexibility index (Phi) is 11.8. The lowest BCUT2D eigenvalue weighted by atomic mass is 10.1. The van der Waals surface area contributed by atoms with Crippen molar-refractivity contribution in [2.24, 2.45) is 5.92 Å². The maximum absolute atomic E-state index is 15.2. The Labute approximate surface area is 278 Å². The van der Waals surface area contributed by atoms with Crippen LogP contribution in [-0.2, 0) is 14.3 Å². The van der Waals surface area contributed by atoms with E-state index in [1.165, 1.54) is 12.1 Å². The molecule has 12 heteroatoms. The molecule has 0 saturated carbocycles. The van der Waals surface area contributed by atoms with E-state index in [1.54, 1.807) is 43.6 Å². The van der Waals surface area contributed by atoms with E-state index in [4.69, 9.17) is 30.5 Å². The van der Waals surface area contributed by atoms with Crippen LogP contribution in [0.15, 0.2) is 66.9 Å². The van der Waals surface area contributed by atoms with Gasteiger partial charge in [-0.05, 0) is 61.4 Å². The zero-order valence-corrected chi connectivity index (χ0v) is 27.2. The molecule has 1 aliphatic heterocycles. The van der Waals surface area contributed by atoms with Gasteiger partial charge in [0.25, 0.3) is 0 Å². The van der Waals surface area contributed by atoms with Gasteiger partial charge >= 0.3 is 0 Å². The number of fused-ring (bicyclic) bond motifs is 1. The van der Waals surface area contributed by atoms with Gasteiger partial charge in [0.2, 0.25) is 5.91 Å². The number of aldehydes is 1. The van der Waals surface area contributed by atoms with Crippen molar-refractivity contribution < 1.29 is 32.9 Å². The minimum Gasteiger partial charge on any atom is -0.493 e. The lowest BCUT2D eigenvalue weighted by Crippen LogP contribution is -2.37. The van der Waals surface area contributed by atoms with Crippen molar-refractivity contribution >= 4 is 46.1 Å². The van der Waals surface area contributed by atoms with Crippen LogP contribution in [0.2, 0.25) is 5.02 Å². The molecular weight excluding hydrogens is 627 g/mol. The molecule has 0 radical (unpaired) electrons. The van der Waals surface area contributed by atoms with Crippen LogP contribution in [0.4, 0.5) is 15.8 Å². The molecule has 1 amide bonds. The summed E-state index contributed by atoms with van der Waals surface area (Å²) < 4.78 is 38.2. The van der Waals surface area contributed by atoms with E-state index >= 15 is 4.39 Å². The third-order valence-corrected chi connectivity index (χ3v) is 8.18. The number of pyridine rings is 1. The number of amides is 1. The van der Waals surface area contributed by atoms with Gasteiger partial charge in [0, 0.05) is 73.3 Å². The number of morpholine rings is 1. The van der Waals surface area contributed by atoms with Gasteiger partial charge in [-0.3, -0.25) is 14.7 Å². The summed E-state index contributed by atoms with van der Waals surface area (Å²) in [5, 5.41) is 3.87. The summed E-state index contributed by atoms with van der Waals surface area (Å²) in [6.45, 7) is 5.25. The average molecular weight is 665 g/mol. The smallest absolute Gasteiger partial charge is 0.234 e. The molecule has 248 valence electrons. The van der Waals surface area contributed by atoms with Gasteiger partial charge in [-0.25, -0.2) is 4.39 Å².